The lowest BCUT2D eigenvalue weighted by Crippen LogP contribution is -2.46. The fourth-order valence-electron chi connectivity index (χ4n) is 2.88. The van der Waals surface area contributed by atoms with Crippen molar-refractivity contribution in [3.63, 3.8) is 0 Å². The van der Waals surface area contributed by atoms with Gasteiger partial charge in [0, 0.05) is 32.0 Å². The predicted molar refractivity (Wildman–Crippen MR) is 87.6 cm³/mol. The Morgan fingerprint density at radius 3 is 2.67 bits per heavy atom. The van der Waals surface area contributed by atoms with Crippen molar-refractivity contribution in [1.29, 1.82) is 0 Å². The highest BCUT2D eigenvalue weighted by Crippen LogP contribution is 2.33. The van der Waals surface area contributed by atoms with E-state index >= 15 is 0 Å². The maximum atomic E-state index is 5.48. The summed E-state index contributed by atoms with van der Waals surface area (Å²) in [5.74, 6) is 0.868. The van der Waals surface area contributed by atoms with E-state index in [1.54, 1.807) is 7.11 Å². The van der Waals surface area contributed by atoms with Gasteiger partial charge in [-0.3, -0.25) is 0 Å². The minimum absolute atomic E-state index is 0.139. The van der Waals surface area contributed by atoms with E-state index in [-0.39, 0.29) is 6.04 Å². The summed E-state index contributed by atoms with van der Waals surface area (Å²) < 4.78 is 7.54. The number of rotatable bonds is 2. The van der Waals surface area contributed by atoms with E-state index in [0.717, 1.165) is 24.0 Å². The van der Waals surface area contributed by atoms with Crippen LogP contribution in [0.3, 0.4) is 0 Å². The number of nitrogens with one attached hydrogen (secondary N) is 1. The molecule has 5 heteroatoms. The quantitative estimate of drug-likeness (QED) is 0.863. The number of hydrogen-bond donors (Lipinski definition) is 1. The van der Waals surface area contributed by atoms with Gasteiger partial charge in [0.2, 0.25) is 0 Å². The first-order chi connectivity index (χ1) is 10.2. The largest absolute Gasteiger partial charge is 0.497 e. The molecule has 1 aromatic heterocycles. The molecule has 0 saturated heterocycles. The standard InChI is InChI=1S/C16H19N3OS/c1-17-16(21)19-11-10-18-9-3-4-14(18)15(19)12-5-7-13(20-2)8-6-12/h3-9,15H,10-11H2,1-2H3,(H,17,21). The Morgan fingerprint density at radius 1 is 1.24 bits per heavy atom. The van der Waals surface area contributed by atoms with Crippen LogP contribution in [0.15, 0.2) is 42.6 Å². The number of fused-ring (bicyclic) bond motifs is 1. The third kappa shape index (κ3) is 2.49. The molecule has 21 heavy (non-hydrogen) atoms. The summed E-state index contributed by atoms with van der Waals surface area (Å²) in [6, 6.07) is 12.6. The van der Waals surface area contributed by atoms with Crippen LogP contribution in [0.2, 0.25) is 0 Å². The molecular weight excluding hydrogens is 282 g/mol. The summed E-state index contributed by atoms with van der Waals surface area (Å²) in [5.41, 5.74) is 2.48. The lowest BCUT2D eigenvalue weighted by Gasteiger charge is -2.38. The van der Waals surface area contributed by atoms with Crippen molar-refractivity contribution in [3.8, 4) is 5.75 Å². The third-order valence-electron chi connectivity index (χ3n) is 3.94. The fourth-order valence-corrected chi connectivity index (χ4v) is 3.08. The molecule has 1 atom stereocenters. The second-order valence-electron chi connectivity index (χ2n) is 5.05. The first-order valence-corrected chi connectivity index (χ1v) is 7.42. The molecule has 2 aromatic rings. The first-order valence-electron chi connectivity index (χ1n) is 7.02. The second-order valence-corrected chi connectivity index (χ2v) is 5.44. The van der Waals surface area contributed by atoms with E-state index in [0.29, 0.717) is 0 Å². The smallest absolute Gasteiger partial charge is 0.169 e. The Kier molecular flexibility index (Phi) is 3.84. The van der Waals surface area contributed by atoms with Crippen LogP contribution in [0.4, 0.5) is 0 Å². The molecule has 3 rings (SSSR count). The van der Waals surface area contributed by atoms with Crippen molar-refractivity contribution in [2.45, 2.75) is 12.6 Å². The van der Waals surface area contributed by atoms with Crippen LogP contribution < -0.4 is 10.1 Å². The van der Waals surface area contributed by atoms with Crippen LogP contribution in [-0.2, 0) is 6.54 Å². The number of nitrogens with zero attached hydrogens (tertiary/aromatic N) is 2. The van der Waals surface area contributed by atoms with Crippen molar-refractivity contribution >= 4 is 17.3 Å². The molecule has 4 nitrogen and oxygen atoms in total. The van der Waals surface area contributed by atoms with E-state index in [2.05, 4.69) is 45.2 Å². The molecule has 0 amide bonds. The summed E-state index contributed by atoms with van der Waals surface area (Å²) in [6.45, 7) is 1.86. The minimum Gasteiger partial charge on any atom is -0.497 e. The Morgan fingerprint density at radius 2 is 2.00 bits per heavy atom. The molecule has 0 saturated carbocycles. The van der Waals surface area contributed by atoms with Gasteiger partial charge >= 0.3 is 0 Å². The van der Waals surface area contributed by atoms with Crippen molar-refractivity contribution in [3.05, 3.63) is 53.9 Å². The monoisotopic (exact) mass is 301 g/mol. The molecule has 1 aliphatic heterocycles. The van der Waals surface area contributed by atoms with E-state index in [9.17, 15) is 0 Å². The maximum absolute atomic E-state index is 5.48. The van der Waals surface area contributed by atoms with Crippen molar-refractivity contribution in [1.82, 2.24) is 14.8 Å². The highest BCUT2D eigenvalue weighted by molar-refractivity contribution is 7.80. The van der Waals surface area contributed by atoms with Gasteiger partial charge in [-0.15, -0.1) is 0 Å². The zero-order chi connectivity index (χ0) is 14.8. The maximum Gasteiger partial charge on any atom is 0.169 e. The molecule has 2 heterocycles. The summed E-state index contributed by atoms with van der Waals surface area (Å²) in [7, 11) is 3.56. The molecule has 1 unspecified atom stereocenters. The topological polar surface area (TPSA) is 29.4 Å². The lowest BCUT2D eigenvalue weighted by molar-refractivity contribution is 0.287. The molecule has 1 N–H and O–H groups in total. The van der Waals surface area contributed by atoms with Gasteiger partial charge in [-0.05, 0) is 42.0 Å². The molecule has 1 aromatic carbocycles. The molecular formula is C16H19N3OS. The van der Waals surface area contributed by atoms with Crippen molar-refractivity contribution in [2.24, 2.45) is 0 Å². The summed E-state index contributed by atoms with van der Waals surface area (Å²) >= 11 is 5.48. The van der Waals surface area contributed by atoms with Gasteiger partial charge in [0.05, 0.1) is 13.2 Å². The number of ether oxygens (including phenoxy) is 1. The van der Waals surface area contributed by atoms with E-state index in [4.69, 9.17) is 17.0 Å². The number of hydrogen-bond acceptors (Lipinski definition) is 2. The van der Waals surface area contributed by atoms with Crippen LogP contribution in [0, 0.1) is 0 Å². The van der Waals surface area contributed by atoms with E-state index in [1.165, 1.54) is 11.3 Å². The summed E-state index contributed by atoms with van der Waals surface area (Å²) in [4.78, 5) is 2.24. The van der Waals surface area contributed by atoms with Gasteiger partial charge < -0.3 is 19.5 Å². The molecule has 0 bridgehead atoms. The molecule has 0 radical (unpaired) electrons. The Hall–Kier alpha value is -2.01. The van der Waals surface area contributed by atoms with Gasteiger partial charge in [0.25, 0.3) is 0 Å². The number of methoxy groups -OCH3 is 1. The van der Waals surface area contributed by atoms with Crippen LogP contribution in [0.5, 0.6) is 5.75 Å². The van der Waals surface area contributed by atoms with Crippen LogP contribution >= 0.6 is 12.2 Å². The Balaban J connectivity index is 2.03. The van der Waals surface area contributed by atoms with Crippen molar-refractivity contribution in [2.75, 3.05) is 20.7 Å². The summed E-state index contributed by atoms with van der Waals surface area (Å²) in [6.07, 6.45) is 2.13. The van der Waals surface area contributed by atoms with Gasteiger partial charge in [-0.1, -0.05) is 12.1 Å². The third-order valence-corrected chi connectivity index (χ3v) is 4.38. The predicted octanol–water partition coefficient (Wildman–Crippen LogP) is 2.41. The first kappa shape index (κ1) is 13.9. The highest BCUT2D eigenvalue weighted by Gasteiger charge is 2.29. The van der Waals surface area contributed by atoms with E-state index < -0.39 is 0 Å². The zero-order valence-electron chi connectivity index (χ0n) is 12.2. The van der Waals surface area contributed by atoms with Gasteiger partial charge in [-0.25, -0.2) is 0 Å². The summed E-state index contributed by atoms with van der Waals surface area (Å²) in [5, 5.41) is 3.88. The molecule has 0 aliphatic carbocycles. The fraction of sp³-hybridized carbons (Fsp3) is 0.312. The van der Waals surface area contributed by atoms with Crippen molar-refractivity contribution < 1.29 is 4.74 Å². The average Bonchev–Trinajstić information content (AvgIpc) is 3.02. The van der Waals surface area contributed by atoms with Crippen LogP contribution in [0.25, 0.3) is 0 Å². The second kappa shape index (κ2) is 5.77. The van der Waals surface area contributed by atoms with E-state index in [1.807, 2.05) is 19.2 Å². The zero-order valence-corrected chi connectivity index (χ0v) is 13.1. The minimum atomic E-state index is 0.139. The number of benzene rings is 1. The SMILES string of the molecule is CNC(=S)N1CCn2cccc2C1c1ccc(OC)cc1. The lowest BCUT2D eigenvalue weighted by atomic mass is 10.0. The molecule has 0 spiro atoms. The Labute approximate surface area is 130 Å². The average molecular weight is 301 g/mol. The Bertz CT molecular complexity index is 635. The number of thiocarbonyl (C=S) groups is 1. The van der Waals surface area contributed by atoms with Gasteiger partial charge in [0.1, 0.15) is 5.75 Å². The van der Waals surface area contributed by atoms with Crippen LogP contribution in [-0.4, -0.2) is 35.3 Å². The molecule has 1 aliphatic rings. The van der Waals surface area contributed by atoms with Gasteiger partial charge in [-0.2, -0.15) is 0 Å². The normalized spacial score (nSPS) is 17.2. The van der Waals surface area contributed by atoms with Crippen LogP contribution in [0.1, 0.15) is 17.3 Å². The van der Waals surface area contributed by atoms with Gasteiger partial charge in [0.15, 0.2) is 5.11 Å². The highest BCUT2D eigenvalue weighted by atomic mass is 32.1. The molecule has 0 fully saturated rings. The molecule has 110 valence electrons. The number of aromatic nitrogens is 1.